The van der Waals surface area contributed by atoms with Crippen molar-refractivity contribution in [2.45, 2.75) is 19.4 Å². The molecular formula is C17H20N2O4. The van der Waals surface area contributed by atoms with E-state index in [1.54, 1.807) is 13.0 Å². The minimum Gasteiger partial charge on any atom is -0.466 e. The second kappa shape index (κ2) is 8.12. The lowest BCUT2D eigenvalue weighted by Crippen LogP contribution is -2.57. The number of ether oxygens (including phenoxy) is 1. The molecule has 0 bridgehead atoms. The first kappa shape index (κ1) is 16.7. The zero-order valence-electron chi connectivity index (χ0n) is 13.0. The Kier molecular flexibility index (Phi) is 5.91. The van der Waals surface area contributed by atoms with E-state index in [-0.39, 0.29) is 24.8 Å². The fraction of sp³-hybridized carbons (Fsp3) is 0.353. The molecule has 6 nitrogen and oxygen atoms in total. The third-order valence-corrected chi connectivity index (χ3v) is 3.50. The monoisotopic (exact) mass is 316 g/mol. The summed E-state index contributed by atoms with van der Waals surface area (Å²) in [5, 5.41) is 2.67. The fourth-order valence-electron chi connectivity index (χ4n) is 2.39. The smallest absolute Gasteiger partial charge is 0.308 e. The van der Waals surface area contributed by atoms with E-state index < -0.39 is 12.0 Å². The average molecular weight is 316 g/mol. The highest BCUT2D eigenvalue weighted by atomic mass is 16.5. The predicted molar refractivity (Wildman–Crippen MR) is 85.2 cm³/mol. The van der Waals surface area contributed by atoms with Crippen LogP contribution in [0.3, 0.4) is 0 Å². The standard InChI is InChI=1S/C17H20N2O4/c1-2-23-16(21)12-14-17(22)18-10-11-19(14)15(20)9-8-13-6-4-3-5-7-13/h3-9,14H,2,10-12H2,1H3,(H,18,22)/b9-8+. The van der Waals surface area contributed by atoms with Crippen LogP contribution in [0.2, 0.25) is 0 Å². The van der Waals surface area contributed by atoms with Crippen molar-refractivity contribution < 1.29 is 19.1 Å². The minimum absolute atomic E-state index is 0.134. The first-order valence-electron chi connectivity index (χ1n) is 7.59. The number of carbonyl (C=O) groups excluding carboxylic acids is 3. The van der Waals surface area contributed by atoms with Gasteiger partial charge in [-0.3, -0.25) is 14.4 Å². The van der Waals surface area contributed by atoms with Crippen LogP contribution in [0.15, 0.2) is 36.4 Å². The summed E-state index contributed by atoms with van der Waals surface area (Å²) >= 11 is 0. The predicted octanol–water partition coefficient (Wildman–Crippen LogP) is 0.980. The summed E-state index contributed by atoms with van der Waals surface area (Å²) in [4.78, 5) is 37.4. The molecule has 0 saturated carbocycles. The minimum atomic E-state index is -0.823. The van der Waals surface area contributed by atoms with Gasteiger partial charge in [-0.1, -0.05) is 30.3 Å². The van der Waals surface area contributed by atoms with Crippen LogP contribution in [0.4, 0.5) is 0 Å². The maximum Gasteiger partial charge on any atom is 0.308 e. The number of rotatable bonds is 5. The van der Waals surface area contributed by atoms with Crippen molar-refractivity contribution in [3.05, 3.63) is 42.0 Å². The van der Waals surface area contributed by atoms with E-state index >= 15 is 0 Å². The van der Waals surface area contributed by atoms with Gasteiger partial charge in [-0.05, 0) is 18.6 Å². The maximum atomic E-state index is 12.4. The highest BCUT2D eigenvalue weighted by Crippen LogP contribution is 2.12. The molecule has 1 unspecified atom stereocenters. The molecule has 0 aromatic heterocycles. The molecule has 1 atom stereocenters. The highest BCUT2D eigenvalue weighted by Gasteiger charge is 2.34. The fourth-order valence-corrected chi connectivity index (χ4v) is 2.39. The lowest BCUT2D eigenvalue weighted by atomic mass is 10.1. The molecule has 1 aliphatic heterocycles. The molecule has 6 heteroatoms. The Labute approximate surface area is 135 Å². The molecular weight excluding hydrogens is 296 g/mol. The van der Waals surface area contributed by atoms with Crippen LogP contribution in [0.5, 0.6) is 0 Å². The zero-order chi connectivity index (χ0) is 16.7. The highest BCUT2D eigenvalue weighted by molar-refractivity contribution is 5.97. The second-order valence-corrected chi connectivity index (χ2v) is 5.09. The number of nitrogens with one attached hydrogen (secondary N) is 1. The van der Waals surface area contributed by atoms with Crippen LogP contribution in [0.1, 0.15) is 18.9 Å². The largest absolute Gasteiger partial charge is 0.466 e. The summed E-state index contributed by atoms with van der Waals surface area (Å²) in [6.45, 7) is 2.69. The molecule has 1 fully saturated rings. The van der Waals surface area contributed by atoms with Crippen molar-refractivity contribution in [1.82, 2.24) is 10.2 Å². The Morgan fingerprint density at radius 3 is 2.78 bits per heavy atom. The van der Waals surface area contributed by atoms with Gasteiger partial charge in [0.25, 0.3) is 0 Å². The quantitative estimate of drug-likeness (QED) is 0.649. The molecule has 1 saturated heterocycles. The Morgan fingerprint density at radius 1 is 1.35 bits per heavy atom. The number of nitrogens with zero attached hydrogens (tertiary/aromatic N) is 1. The Bertz CT molecular complexity index is 598. The molecule has 1 N–H and O–H groups in total. The summed E-state index contributed by atoms with van der Waals surface area (Å²) in [7, 11) is 0. The summed E-state index contributed by atoms with van der Waals surface area (Å²) in [5.74, 6) is -1.11. The third kappa shape index (κ3) is 4.67. The first-order chi connectivity index (χ1) is 11.1. The summed E-state index contributed by atoms with van der Waals surface area (Å²) in [5.41, 5.74) is 0.893. The third-order valence-electron chi connectivity index (χ3n) is 3.50. The molecule has 2 amide bonds. The molecule has 2 rings (SSSR count). The van der Waals surface area contributed by atoms with Gasteiger partial charge in [0.15, 0.2) is 0 Å². The molecule has 0 aliphatic carbocycles. The van der Waals surface area contributed by atoms with Crippen LogP contribution in [0, 0.1) is 0 Å². The molecule has 0 spiro atoms. The number of piperazine rings is 1. The van der Waals surface area contributed by atoms with Crippen LogP contribution in [-0.2, 0) is 19.1 Å². The van der Waals surface area contributed by atoms with Crippen LogP contribution in [0.25, 0.3) is 6.08 Å². The van der Waals surface area contributed by atoms with Crippen molar-refractivity contribution in [2.75, 3.05) is 19.7 Å². The first-order valence-corrected chi connectivity index (χ1v) is 7.59. The van der Waals surface area contributed by atoms with Crippen LogP contribution in [-0.4, -0.2) is 48.4 Å². The lowest BCUT2D eigenvalue weighted by Gasteiger charge is -2.33. The number of carbonyl (C=O) groups is 3. The number of benzene rings is 1. The molecule has 0 radical (unpaired) electrons. The van der Waals surface area contributed by atoms with Gasteiger partial charge in [-0.15, -0.1) is 0 Å². The lowest BCUT2D eigenvalue weighted by molar-refractivity contribution is -0.150. The Balaban J connectivity index is 2.07. The van der Waals surface area contributed by atoms with Gasteiger partial charge in [-0.2, -0.15) is 0 Å². The van der Waals surface area contributed by atoms with E-state index in [4.69, 9.17) is 4.74 Å². The van der Waals surface area contributed by atoms with E-state index in [1.807, 2.05) is 30.3 Å². The van der Waals surface area contributed by atoms with Gasteiger partial charge in [-0.25, -0.2) is 0 Å². The van der Waals surface area contributed by atoms with Crippen LogP contribution >= 0.6 is 0 Å². The van der Waals surface area contributed by atoms with E-state index in [0.717, 1.165) is 5.56 Å². The van der Waals surface area contributed by atoms with E-state index in [0.29, 0.717) is 13.1 Å². The van der Waals surface area contributed by atoms with Crippen molar-refractivity contribution in [3.63, 3.8) is 0 Å². The molecule has 1 aromatic rings. The average Bonchev–Trinajstić information content (AvgIpc) is 2.55. The topological polar surface area (TPSA) is 75.7 Å². The van der Waals surface area contributed by atoms with Gasteiger partial charge in [0.1, 0.15) is 6.04 Å². The number of hydrogen-bond acceptors (Lipinski definition) is 4. The van der Waals surface area contributed by atoms with Crippen LogP contribution < -0.4 is 5.32 Å². The van der Waals surface area contributed by atoms with Gasteiger partial charge in [0.05, 0.1) is 13.0 Å². The number of esters is 1. The molecule has 23 heavy (non-hydrogen) atoms. The zero-order valence-corrected chi connectivity index (χ0v) is 13.0. The van der Waals surface area contributed by atoms with Gasteiger partial charge >= 0.3 is 5.97 Å². The summed E-state index contributed by atoms with van der Waals surface area (Å²) in [6, 6.07) is 8.58. The second-order valence-electron chi connectivity index (χ2n) is 5.09. The Morgan fingerprint density at radius 2 is 2.09 bits per heavy atom. The van der Waals surface area contributed by atoms with E-state index in [9.17, 15) is 14.4 Å². The SMILES string of the molecule is CCOC(=O)CC1C(=O)NCCN1C(=O)/C=C/c1ccccc1. The van der Waals surface area contributed by atoms with Gasteiger partial charge in [0, 0.05) is 19.2 Å². The Hall–Kier alpha value is -2.63. The number of hydrogen-bond donors (Lipinski definition) is 1. The van der Waals surface area contributed by atoms with Crippen molar-refractivity contribution in [2.24, 2.45) is 0 Å². The van der Waals surface area contributed by atoms with E-state index in [1.165, 1.54) is 11.0 Å². The normalized spacial score (nSPS) is 17.9. The van der Waals surface area contributed by atoms with Gasteiger partial charge < -0.3 is 15.0 Å². The maximum absolute atomic E-state index is 12.4. The van der Waals surface area contributed by atoms with Crippen molar-refractivity contribution >= 4 is 23.9 Å². The summed E-state index contributed by atoms with van der Waals surface area (Å²) in [6.07, 6.45) is 2.98. The van der Waals surface area contributed by atoms with E-state index in [2.05, 4.69) is 5.32 Å². The molecule has 1 aliphatic rings. The van der Waals surface area contributed by atoms with Crippen molar-refractivity contribution in [1.29, 1.82) is 0 Å². The van der Waals surface area contributed by atoms with Gasteiger partial charge in [0.2, 0.25) is 11.8 Å². The number of amides is 2. The molecule has 122 valence electrons. The molecule has 1 aromatic carbocycles. The summed E-state index contributed by atoms with van der Waals surface area (Å²) < 4.78 is 4.88. The molecule has 1 heterocycles. The van der Waals surface area contributed by atoms with Crippen molar-refractivity contribution in [3.8, 4) is 0 Å².